The number of nitrogens with one attached hydrogen (secondary N) is 1. The Morgan fingerprint density at radius 2 is 2.28 bits per heavy atom. The molecule has 5 heteroatoms. The Morgan fingerprint density at radius 3 is 3.11 bits per heavy atom. The summed E-state index contributed by atoms with van der Waals surface area (Å²) in [6.07, 6.45) is 8.42. The van der Waals surface area contributed by atoms with E-state index in [1.165, 1.54) is 0 Å². The lowest BCUT2D eigenvalue weighted by Gasteiger charge is -2.07. The van der Waals surface area contributed by atoms with Crippen molar-refractivity contribution < 1.29 is 0 Å². The van der Waals surface area contributed by atoms with Crippen LogP contribution in [-0.4, -0.2) is 24.7 Å². The summed E-state index contributed by atoms with van der Waals surface area (Å²) in [5.41, 5.74) is 2.81. The van der Waals surface area contributed by atoms with Gasteiger partial charge in [-0.05, 0) is 19.4 Å². The van der Waals surface area contributed by atoms with E-state index >= 15 is 0 Å². The Labute approximate surface area is 105 Å². The molecule has 3 rings (SSSR count). The van der Waals surface area contributed by atoms with Crippen LogP contribution in [0.2, 0.25) is 0 Å². The number of aromatic amines is 1. The van der Waals surface area contributed by atoms with Crippen LogP contribution in [0.3, 0.4) is 0 Å². The van der Waals surface area contributed by atoms with Gasteiger partial charge in [-0.3, -0.25) is 4.68 Å². The highest BCUT2D eigenvalue weighted by Gasteiger charge is 2.10. The summed E-state index contributed by atoms with van der Waals surface area (Å²) >= 11 is 0. The number of rotatable bonds is 3. The minimum Gasteiger partial charge on any atom is -0.346 e. The summed E-state index contributed by atoms with van der Waals surface area (Å²) in [5.74, 6) is 0. The highest BCUT2D eigenvalue weighted by atomic mass is 15.3. The Balaban J connectivity index is 2.09. The Bertz CT molecular complexity index is 667. The summed E-state index contributed by atoms with van der Waals surface area (Å²) in [7, 11) is 0. The summed E-state index contributed by atoms with van der Waals surface area (Å²) in [5, 5.41) is 5.43. The second-order valence-electron chi connectivity index (χ2n) is 4.43. The molecule has 0 spiro atoms. The normalized spacial score (nSPS) is 13.0. The molecule has 3 heterocycles. The van der Waals surface area contributed by atoms with Crippen LogP contribution in [0.4, 0.5) is 0 Å². The molecule has 0 saturated carbocycles. The van der Waals surface area contributed by atoms with Crippen LogP contribution in [0, 0.1) is 0 Å². The lowest BCUT2D eigenvalue weighted by atomic mass is 10.2. The number of nitrogens with zero attached hydrogens (tertiary/aromatic N) is 4. The molecule has 0 amide bonds. The van der Waals surface area contributed by atoms with Gasteiger partial charge in [0.1, 0.15) is 12.0 Å². The zero-order valence-corrected chi connectivity index (χ0v) is 10.5. The van der Waals surface area contributed by atoms with Crippen LogP contribution in [0.1, 0.15) is 26.3 Å². The first kappa shape index (κ1) is 11.0. The molecule has 0 aromatic carbocycles. The van der Waals surface area contributed by atoms with Gasteiger partial charge in [0.2, 0.25) is 0 Å². The fourth-order valence-electron chi connectivity index (χ4n) is 1.99. The molecule has 0 aliphatic heterocycles. The first-order chi connectivity index (χ1) is 8.79. The third-order valence-electron chi connectivity index (χ3n) is 3.27. The Morgan fingerprint density at radius 1 is 1.39 bits per heavy atom. The summed E-state index contributed by atoms with van der Waals surface area (Å²) < 4.78 is 1.98. The average molecular weight is 241 g/mol. The second kappa shape index (κ2) is 4.25. The molecule has 5 nitrogen and oxygen atoms in total. The minimum atomic E-state index is 0.405. The Kier molecular flexibility index (Phi) is 2.59. The largest absolute Gasteiger partial charge is 0.346 e. The van der Waals surface area contributed by atoms with Crippen molar-refractivity contribution in [3.63, 3.8) is 0 Å². The van der Waals surface area contributed by atoms with Crippen molar-refractivity contribution in [2.24, 2.45) is 0 Å². The van der Waals surface area contributed by atoms with E-state index in [1.54, 1.807) is 6.33 Å². The van der Waals surface area contributed by atoms with Crippen LogP contribution in [-0.2, 0) is 0 Å². The maximum absolute atomic E-state index is 4.40. The maximum atomic E-state index is 4.40. The van der Waals surface area contributed by atoms with Crippen molar-refractivity contribution in [3.05, 3.63) is 31.0 Å². The van der Waals surface area contributed by atoms with Crippen molar-refractivity contribution in [2.75, 3.05) is 0 Å². The van der Waals surface area contributed by atoms with E-state index in [9.17, 15) is 0 Å². The first-order valence-corrected chi connectivity index (χ1v) is 6.12. The van der Waals surface area contributed by atoms with Gasteiger partial charge >= 0.3 is 0 Å². The molecule has 3 aromatic heterocycles. The van der Waals surface area contributed by atoms with E-state index < -0.39 is 0 Å². The molecule has 1 unspecified atom stereocenters. The predicted molar refractivity (Wildman–Crippen MR) is 70.1 cm³/mol. The van der Waals surface area contributed by atoms with E-state index in [2.05, 4.69) is 33.9 Å². The van der Waals surface area contributed by atoms with Crippen molar-refractivity contribution in [3.8, 4) is 11.3 Å². The highest BCUT2D eigenvalue weighted by molar-refractivity contribution is 5.89. The SMILES string of the molecule is CCC(C)n1cc(-c2ncnc3[nH]ccc23)cn1. The van der Waals surface area contributed by atoms with Crippen molar-refractivity contribution >= 4 is 11.0 Å². The van der Waals surface area contributed by atoms with Crippen LogP contribution in [0.15, 0.2) is 31.0 Å². The van der Waals surface area contributed by atoms with E-state index in [0.717, 1.165) is 28.7 Å². The molecule has 0 aliphatic rings. The highest BCUT2D eigenvalue weighted by Crippen LogP contribution is 2.25. The zero-order valence-electron chi connectivity index (χ0n) is 10.5. The smallest absolute Gasteiger partial charge is 0.141 e. The quantitative estimate of drug-likeness (QED) is 0.767. The van der Waals surface area contributed by atoms with E-state index in [1.807, 2.05) is 29.3 Å². The fourth-order valence-corrected chi connectivity index (χ4v) is 1.99. The van der Waals surface area contributed by atoms with Gasteiger partial charge in [0.05, 0.1) is 11.9 Å². The van der Waals surface area contributed by atoms with Gasteiger partial charge in [-0.2, -0.15) is 5.10 Å². The minimum absolute atomic E-state index is 0.405. The van der Waals surface area contributed by atoms with Gasteiger partial charge in [-0.15, -0.1) is 0 Å². The number of hydrogen-bond acceptors (Lipinski definition) is 3. The summed E-state index contributed by atoms with van der Waals surface area (Å²) in [6.45, 7) is 4.31. The topological polar surface area (TPSA) is 59.4 Å². The summed E-state index contributed by atoms with van der Waals surface area (Å²) in [6, 6.07) is 2.40. The number of hydrogen-bond donors (Lipinski definition) is 1. The fraction of sp³-hybridized carbons (Fsp3) is 0.308. The molecule has 3 aromatic rings. The molecule has 0 fully saturated rings. The van der Waals surface area contributed by atoms with Crippen LogP contribution >= 0.6 is 0 Å². The molecule has 0 aliphatic carbocycles. The third kappa shape index (κ3) is 1.68. The lowest BCUT2D eigenvalue weighted by Crippen LogP contribution is -2.03. The number of H-pyrrole nitrogens is 1. The van der Waals surface area contributed by atoms with E-state index in [0.29, 0.717) is 6.04 Å². The predicted octanol–water partition coefficient (Wildman–Crippen LogP) is 2.79. The van der Waals surface area contributed by atoms with E-state index in [4.69, 9.17) is 0 Å². The van der Waals surface area contributed by atoms with Crippen molar-refractivity contribution in [1.29, 1.82) is 0 Å². The third-order valence-corrected chi connectivity index (χ3v) is 3.27. The molecule has 0 bridgehead atoms. The van der Waals surface area contributed by atoms with Crippen LogP contribution in [0.5, 0.6) is 0 Å². The van der Waals surface area contributed by atoms with Crippen molar-refractivity contribution in [1.82, 2.24) is 24.7 Å². The van der Waals surface area contributed by atoms with Gasteiger partial charge in [0.25, 0.3) is 0 Å². The molecule has 92 valence electrons. The first-order valence-electron chi connectivity index (χ1n) is 6.12. The number of fused-ring (bicyclic) bond motifs is 1. The summed E-state index contributed by atoms with van der Waals surface area (Å²) in [4.78, 5) is 11.6. The van der Waals surface area contributed by atoms with Gasteiger partial charge in [0, 0.05) is 29.4 Å². The van der Waals surface area contributed by atoms with Gasteiger partial charge in [-0.25, -0.2) is 9.97 Å². The molecular formula is C13H15N5. The second-order valence-corrected chi connectivity index (χ2v) is 4.43. The zero-order chi connectivity index (χ0) is 12.5. The molecule has 1 atom stereocenters. The van der Waals surface area contributed by atoms with Gasteiger partial charge < -0.3 is 4.98 Å². The molecule has 1 N–H and O–H groups in total. The molecule has 0 saturated heterocycles. The lowest BCUT2D eigenvalue weighted by molar-refractivity contribution is 0.478. The van der Waals surface area contributed by atoms with Gasteiger partial charge in [0.15, 0.2) is 0 Å². The average Bonchev–Trinajstić information content (AvgIpc) is 3.05. The molecule has 0 radical (unpaired) electrons. The van der Waals surface area contributed by atoms with Crippen LogP contribution in [0.25, 0.3) is 22.3 Å². The van der Waals surface area contributed by atoms with Gasteiger partial charge in [-0.1, -0.05) is 6.92 Å². The molecule has 18 heavy (non-hydrogen) atoms. The van der Waals surface area contributed by atoms with Crippen LogP contribution < -0.4 is 0 Å². The van der Waals surface area contributed by atoms with Crippen molar-refractivity contribution in [2.45, 2.75) is 26.3 Å². The number of aromatic nitrogens is 5. The molecular weight excluding hydrogens is 226 g/mol. The maximum Gasteiger partial charge on any atom is 0.141 e. The van der Waals surface area contributed by atoms with E-state index in [-0.39, 0.29) is 0 Å². The standard InChI is InChI=1S/C13H15N5/c1-3-9(2)18-7-10(6-17-18)12-11-4-5-14-13(11)16-8-15-12/h4-9H,3H2,1-2H3,(H,14,15,16). The monoisotopic (exact) mass is 241 g/mol. The Hall–Kier alpha value is -2.17.